The second kappa shape index (κ2) is 7.56. The molecular weight excluding hydrogens is 334 g/mol. The molecule has 0 saturated carbocycles. The van der Waals surface area contributed by atoms with Crippen LogP contribution in [-0.2, 0) is 9.53 Å². The number of methoxy groups -OCH3 is 1. The first-order valence-corrected chi connectivity index (χ1v) is 6.35. The van der Waals surface area contributed by atoms with Gasteiger partial charge < -0.3 is 4.74 Å². The van der Waals surface area contributed by atoms with Crippen LogP contribution in [0.3, 0.4) is 0 Å². The Balaban J connectivity index is 2.70. The number of halogens is 1. The van der Waals surface area contributed by atoms with Crippen LogP contribution in [0, 0.1) is 10.1 Å². The molecule has 0 aromatic heterocycles. The van der Waals surface area contributed by atoms with Gasteiger partial charge in [-0.25, -0.2) is 10.2 Å². The van der Waals surface area contributed by atoms with E-state index in [0.29, 0.717) is 5.56 Å². The quantitative estimate of drug-likeness (QED) is 0.255. The van der Waals surface area contributed by atoms with E-state index in [2.05, 4.69) is 31.5 Å². The number of nitro groups is 1. The van der Waals surface area contributed by atoms with Crippen LogP contribution in [0.25, 0.3) is 0 Å². The van der Waals surface area contributed by atoms with E-state index >= 15 is 0 Å². The minimum atomic E-state index is -1.44. The molecule has 2 N–H and O–H groups in total. The zero-order chi connectivity index (χ0) is 15.1. The summed E-state index contributed by atoms with van der Waals surface area (Å²) in [6.45, 7) is 0. The third-order valence-electron chi connectivity index (χ3n) is 2.31. The van der Waals surface area contributed by atoms with Gasteiger partial charge >= 0.3 is 5.97 Å². The second-order valence-electron chi connectivity index (χ2n) is 3.62. The van der Waals surface area contributed by atoms with Crippen molar-refractivity contribution in [2.75, 3.05) is 7.11 Å². The molecule has 0 heterocycles. The summed E-state index contributed by atoms with van der Waals surface area (Å²) in [4.78, 5) is 31.7. The van der Waals surface area contributed by atoms with E-state index in [4.69, 9.17) is 0 Å². The van der Waals surface area contributed by atoms with Crippen molar-refractivity contribution in [1.82, 2.24) is 10.9 Å². The first kappa shape index (κ1) is 16.1. The molecule has 1 aromatic carbocycles. The molecule has 20 heavy (non-hydrogen) atoms. The molecule has 0 aliphatic carbocycles. The van der Waals surface area contributed by atoms with Gasteiger partial charge in [0.05, 0.1) is 7.11 Å². The van der Waals surface area contributed by atoms with Gasteiger partial charge in [-0.15, -0.1) is 0 Å². The first-order valence-electron chi connectivity index (χ1n) is 5.43. The Kier molecular flexibility index (Phi) is 6.07. The number of hydrazine groups is 1. The number of hydrogen-bond acceptors (Lipinski definition) is 6. The van der Waals surface area contributed by atoms with Crippen molar-refractivity contribution in [2.24, 2.45) is 0 Å². The standard InChI is InChI=1S/C11H12BrN3O5/c1-20-11(17)8(9(12)15(18)19)13-14-10(16)7-5-3-2-4-6-7/h2-6,8-9,13H,1H3,(H,14,16). The van der Waals surface area contributed by atoms with Crippen LogP contribution in [0.4, 0.5) is 0 Å². The highest BCUT2D eigenvalue weighted by Gasteiger charge is 2.36. The van der Waals surface area contributed by atoms with E-state index in [1.165, 1.54) is 0 Å². The highest BCUT2D eigenvalue weighted by molar-refractivity contribution is 9.09. The fourth-order valence-corrected chi connectivity index (χ4v) is 1.64. The van der Waals surface area contributed by atoms with Gasteiger partial charge in [0, 0.05) is 10.5 Å². The molecule has 1 aromatic rings. The Bertz CT molecular complexity index is 496. The Morgan fingerprint density at radius 1 is 1.35 bits per heavy atom. The van der Waals surface area contributed by atoms with E-state index < -0.39 is 27.8 Å². The number of amides is 1. The number of rotatable bonds is 6. The minimum Gasteiger partial charge on any atom is -0.468 e. The summed E-state index contributed by atoms with van der Waals surface area (Å²) in [5.74, 6) is -1.40. The highest BCUT2D eigenvalue weighted by Crippen LogP contribution is 2.08. The summed E-state index contributed by atoms with van der Waals surface area (Å²) in [5.41, 5.74) is 4.86. The van der Waals surface area contributed by atoms with Crippen LogP contribution < -0.4 is 10.9 Å². The molecule has 0 spiro atoms. The number of benzene rings is 1. The largest absolute Gasteiger partial charge is 0.468 e. The van der Waals surface area contributed by atoms with Gasteiger partial charge in [-0.1, -0.05) is 18.2 Å². The maximum Gasteiger partial charge on any atom is 0.332 e. The third kappa shape index (κ3) is 4.28. The molecule has 9 heteroatoms. The number of alkyl halides is 1. The van der Waals surface area contributed by atoms with Gasteiger partial charge in [0.1, 0.15) is 0 Å². The average Bonchev–Trinajstić information content (AvgIpc) is 2.47. The maximum atomic E-state index is 11.7. The number of carbonyl (C=O) groups is 2. The van der Waals surface area contributed by atoms with Gasteiger partial charge in [-0.2, -0.15) is 0 Å². The molecule has 0 bridgehead atoms. The van der Waals surface area contributed by atoms with E-state index in [1.807, 2.05) is 0 Å². The Labute approximate surface area is 122 Å². The van der Waals surface area contributed by atoms with Crippen LogP contribution >= 0.6 is 15.9 Å². The number of ether oxygens (including phenoxy) is 1. The molecule has 2 unspecified atom stereocenters. The fourth-order valence-electron chi connectivity index (χ4n) is 1.29. The molecule has 0 radical (unpaired) electrons. The highest BCUT2D eigenvalue weighted by atomic mass is 79.9. The number of nitrogens with zero attached hydrogens (tertiary/aromatic N) is 1. The lowest BCUT2D eigenvalue weighted by molar-refractivity contribution is -0.495. The molecule has 8 nitrogen and oxygen atoms in total. The summed E-state index contributed by atoms with van der Waals surface area (Å²) in [6, 6.07) is 6.83. The van der Waals surface area contributed by atoms with Gasteiger partial charge in [-0.3, -0.25) is 20.3 Å². The predicted octanol–water partition coefficient (Wildman–Crippen LogP) is 0.460. The SMILES string of the molecule is COC(=O)C(NNC(=O)c1ccccc1)C(Br)[N+](=O)[O-]. The molecule has 0 fully saturated rings. The van der Waals surface area contributed by atoms with Gasteiger partial charge in [-0.05, 0) is 28.1 Å². The normalized spacial score (nSPS) is 13.1. The Hall–Kier alpha value is -2.00. The molecule has 2 atom stereocenters. The lowest BCUT2D eigenvalue weighted by atomic mass is 10.2. The van der Waals surface area contributed by atoms with Crippen LogP contribution in [0.2, 0.25) is 0 Å². The molecule has 1 amide bonds. The van der Waals surface area contributed by atoms with Crippen molar-refractivity contribution in [3.05, 3.63) is 46.0 Å². The molecule has 0 aliphatic heterocycles. The summed E-state index contributed by atoms with van der Waals surface area (Å²) in [7, 11) is 1.09. The molecule has 1 rings (SSSR count). The lowest BCUT2D eigenvalue weighted by Gasteiger charge is -2.16. The van der Waals surface area contributed by atoms with Crippen LogP contribution in [0.5, 0.6) is 0 Å². The van der Waals surface area contributed by atoms with Gasteiger partial charge in [0.15, 0.2) is 0 Å². The maximum absolute atomic E-state index is 11.7. The third-order valence-corrected chi connectivity index (χ3v) is 3.17. The van der Waals surface area contributed by atoms with Crippen molar-refractivity contribution in [2.45, 2.75) is 11.0 Å². The van der Waals surface area contributed by atoms with Crippen LogP contribution in [-0.4, -0.2) is 34.9 Å². The second-order valence-corrected chi connectivity index (χ2v) is 4.56. The number of carbonyl (C=O) groups excluding carboxylic acids is 2. The first-order chi connectivity index (χ1) is 9.47. The number of esters is 1. The van der Waals surface area contributed by atoms with Crippen LogP contribution in [0.1, 0.15) is 10.4 Å². The topological polar surface area (TPSA) is 111 Å². The zero-order valence-electron chi connectivity index (χ0n) is 10.4. The number of hydrogen-bond donors (Lipinski definition) is 2. The van der Waals surface area contributed by atoms with Crippen molar-refractivity contribution < 1.29 is 19.2 Å². The monoisotopic (exact) mass is 345 g/mol. The fraction of sp³-hybridized carbons (Fsp3) is 0.273. The summed E-state index contributed by atoms with van der Waals surface area (Å²) in [5, 5.41) is 10.7. The smallest absolute Gasteiger partial charge is 0.332 e. The van der Waals surface area contributed by atoms with E-state index in [9.17, 15) is 19.7 Å². The Morgan fingerprint density at radius 2 is 1.95 bits per heavy atom. The van der Waals surface area contributed by atoms with Crippen molar-refractivity contribution in [3.63, 3.8) is 0 Å². The average molecular weight is 346 g/mol. The van der Waals surface area contributed by atoms with Crippen LogP contribution in [0.15, 0.2) is 30.3 Å². The number of nitrogens with one attached hydrogen (secondary N) is 2. The van der Waals surface area contributed by atoms with E-state index in [0.717, 1.165) is 7.11 Å². The zero-order valence-corrected chi connectivity index (χ0v) is 12.0. The lowest BCUT2D eigenvalue weighted by Crippen LogP contribution is -2.54. The minimum absolute atomic E-state index is 0.343. The molecular formula is C11H12BrN3O5. The predicted molar refractivity (Wildman–Crippen MR) is 72.6 cm³/mol. The summed E-state index contributed by atoms with van der Waals surface area (Å²) < 4.78 is 4.43. The van der Waals surface area contributed by atoms with Crippen molar-refractivity contribution in [1.29, 1.82) is 0 Å². The van der Waals surface area contributed by atoms with E-state index in [-0.39, 0.29) is 0 Å². The van der Waals surface area contributed by atoms with Gasteiger partial charge in [0.2, 0.25) is 6.04 Å². The summed E-state index contributed by atoms with van der Waals surface area (Å²) >= 11 is 2.74. The molecule has 0 saturated heterocycles. The summed E-state index contributed by atoms with van der Waals surface area (Å²) in [6.07, 6.45) is 0. The van der Waals surface area contributed by atoms with Crippen molar-refractivity contribution in [3.8, 4) is 0 Å². The van der Waals surface area contributed by atoms with E-state index in [1.54, 1.807) is 30.3 Å². The van der Waals surface area contributed by atoms with Gasteiger partial charge in [0.25, 0.3) is 10.9 Å². The van der Waals surface area contributed by atoms with Crippen molar-refractivity contribution >= 4 is 27.8 Å². The Morgan fingerprint density at radius 3 is 2.45 bits per heavy atom. The molecule has 108 valence electrons. The molecule has 0 aliphatic rings.